The first-order valence-electron chi connectivity index (χ1n) is 19.3. The third-order valence-electron chi connectivity index (χ3n) is 12.4. The average Bonchev–Trinajstić information content (AvgIpc) is 3.75. The summed E-state index contributed by atoms with van der Waals surface area (Å²) in [7, 11) is 0. The summed E-state index contributed by atoms with van der Waals surface area (Å²) in [5.41, 5.74) is 17.2. The van der Waals surface area contributed by atoms with E-state index in [2.05, 4.69) is 164 Å². The van der Waals surface area contributed by atoms with Gasteiger partial charge >= 0.3 is 0 Å². The van der Waals surface area contributed by atoms with E-state index in [-0.39, 0.29) is 0 Å². The Kier molecular flexibility index (Phi) is 6.47. The highest BCUT2D eigenvalue weighted by Crippen LogP contribution is 2.67. The zero-order valence-corrected chi connectivity index (χ0v) is 30.4. The van der Waals surface area contributed by atoms with Crippen LogP contribution in [0.4, 0.5) is 0 Å². The van der Waals surface area contributed by atoms with Crippen molar-refractivity contribution in [2.75, 3.05) is 0 Å². The molecule has 8 aromatic carbocycles. The van der Waals surface area contributed by atoms with Gasteiger partial charge in [0.2, 0.25) is 0 Å². The number of hydrogen-bond donors (Lipinski definition) is 0. The van der Waals surface area contributed by atoms with E-state index in [4.69, 9.17) is 15.0 Å². The molecule has 0 amide bonds. The molecule has 0 aliphatic heterocycles. The molecule has 12 rings (SSSR count). The van der Waals surface area contributed by atoms with Gasteiger partial charge in [0.15, 0.2) is 17.5 Å². The van der Waals surface area contributed by atoms with Crippen LogP contribution in [0.3, 0.4) is 0 Å². The van der Waals surface area contributed by atoms with Crippen LogP contribution in [0.25, 0.3) is 56.4 Å². The van der Waals surface area contributed by atoms with Crippen molar-refractivity contribution in [3.8, 4) is 56.4 Å². The van der Waals surface area contributed by atoms with E-state index in [1.807, 2.05) is 36.4 Å². The minimum absolute atomic E-state index is 0.482. The highest BCUT2D eigenvalue weighted by atomic mass is 15.0. The molecule has 1 aromatic heterocycles. The Morgan fingerprint density at radius 2 is 0.554 bits per heavy atom. The van der Waals surface area contributed by atoms with Gasteiger partial charge in [-0.3, -0.25) is 0 Å². The van der Waals surface area contributed by atoms with Crippen LogP contribution in [-0.2, 0) is 10.8 Å². The highest BCUT2D eigenvalue weighted by Gasteiger charge is 2.59. The van der Waals surface area contributed by atoms with Crippen LogP contribution in [0.2, 0.25) is 0 Å². The lowest BCUT2D eigenvalue weighted by Crippen LogP contribution is -2.43. The second-order valence-electron chi connectivity index (χ2n) is 15.0. The van der Waals surface area contributed by atoms with Crippen LogP contribution >= 0.6 is 0 Å². The maximum absolute atomic E-state index is 5.26. The third kappa shape index (κ3) is 3.94. The van der Waals surface area contributed by atoms with Crippen molar-refractivity contribution >= 4 is 0 Å². The quantitative estimate of drug-likeness (QED) is 0.183. The Balaban J connectivity index is 1.19. The van der Waals surface area contributed by atoms with Crippen molar-refractivity contribution in [3.05, 3.63) is 245 Å². The average molecular weight is 712 g/mol. The molecular weight excluding hydrogens is 679 g/mol. The molecule has 0 saturated carbocycles. The standard InChI is InChI=1S/C53H33N3/c1-3-18-34(19-4-1)49-54-50(35-20-5-2-6-21-35)56-51(55-49)39-25-17-33-47-48(39)38-24-9-12-28-42(38)53(47)45-31-15-13-29-43(45)52(44-30-14-16-32-46(44)53)40-26-10-7-22-36(40)37-23-8-11-27-41(37)52/h1-33H. The van der Waals surface area contributed by atoms with Crippen LogP contribution in [0.1, 0.15) is 44.5 Å². The van der Waals surface area contributed by atoms with Crippen LogP contribution in [0.15, 0.2) is 200 Å². The van der Waals surface area contributed by atoms with E-state index in [9.17, 15) is 0 Å². The Morgan fingerprint density at radius 3 is 1.04 bits per heavy atom. The largest absolute Gasteiger partial charge is 0.208 e. The van der Waals surface area contributed by atoms with Gasteiger partial charge in [0, 0.05) is 16.7 Å². The first-order valence-corrected chi connectivity index (χ1v) is 19.3. The van der Waals surface area contributed by atoms with E-state index in [1.54, 1.807) is 0 Å². The molecule has 0 atom stereocenters. The summed E-state index contributed by atoms with van der Waals surface area (Å²) >= 11 is 0. The molecule has 3 aliphatic rings. The summed E-state index contributed by atoms with van der Waals surface area (Å²) in [4.78, 5) is 15.6. The number of benzene rings is 8. The van der Waals surface area contributed by atoms with E-state index >= 15 is 0 Å². The van der Waals surface area contributed by atoms with Gasteiger partial charge in [0.1, 0.15) is 0 Å². The van der Waals surface area contributed by atoms with Gasteiger partial charge in [0.25, 0.3) is 0 Å². The zero-order chi connectivity index (χ0) is 36.8. The Labute approximate surface area is 325 Å². The first-order chi connectivity index (χ1) is 27.8. The zero-order valence-electron chi connectivity index (χ0n) is 30.4. The summed E-state index contributed by atoms with van der Waals surface area (Å²) in [6.45, 7) is 0. The van der Waals surface area contributed by atoms with Crippen molar-refractivity contribution in [2.45, 2.75) is 10.8 Å². The molecule has 0 N–H and O–H groups in total. The summed E-state index contributed by atoms with van der Waals surface area (Å²) in [5, 5.41) is 0. The summed E-state index contributed by atoms with van der Waals surface area (Å²) < 4.78 is 0. The SMILES string of the molecule is c1ccc(-c2nc(-c3ccccc3)nc(-c3cccc4c3-c3ccccc3C43c4ccccc4C4(c5ccccc5-c5ccccc54)c4ccccc43)n2)cc1. The van der Waals surface area contributed by atoms with Gasteiger partial charge in [-0.05, 0) is 66.8 Å². The number of fused-ring (bicyclic) bond motifs is 16. The molecule has 0 fully saturated rings. The monoisotopic (exact) mass is 711 g/mol. The van der Waals surface area contributed by atoms with Gasteiger partial charge in [0.05, 0.1) is 10.8 Å². The number of nitrogens with zero attached hydrogens (tertiary/aromatic N) is 3. The smallest absolute Gasteiger partial charge is 0.164 e. The number of hydrogen-bond acceptors (Lipinski definition) is 3. The highest BCUT2D eigenvalue weighted by molar-refractivity contribution is 5.97. The molecule has 260 valence electrons. The van der Waals surface area contributed by atoms with E-state index in [1.165, 1.54) is 66.8 Å². The van der Waals surface area contributed by atoms with Gasteiger partial charge in [-0.25, -0.2) is 15.0 Å². The summed E-state index contributed by atoms with van der Waals surface area (Å²) in [6.07, 6.45) is 0. The van der Waals surface area contributed by atoms with Gasteiger partial charge < -0.3 is 0 Å². The fraction of sp³-hybridized carbons (Fsp3) is 0.0377. The van der Waals surface area contributed by atoms with Gasteiger partial charge in [-0.1, -0.05) is 200 Å². The number of aromatic nitrogens is 3. The summed E-state index contributed by atoms with van der Waals surface area (Å²) in [5.74, 6) is 1.97. The molecule has 1 heterocycles. The predicted octanol–water partition coefficient (Wildman–Crippen LogP) is 11.9. The number of rotatable bonds is 3. The molecule has 56 heavy (non-hydrogen) atoms. The Morgan fingerprint density at radius 1 is 0.232 bits per heavy atom. The molecule has 0 unspecified atom stereocenters. The van der Waals surface area contributed by atoms with Crippen molar-refractivity contribution in [1.29, 1.82) is 0 Å². The molecule has 0 bridgehead atoms. The van der Waals surface area contributed by atoms with Crippen LogP contribution in [-0.4, -0.2) is 15.0 Å². The Hall–Kier alpha value is -7.23. The second-order valence-corrected chi connectivity index (χ2v) is 15.0. The third-order valence-corrected chi connectivity index (χ3v) is 12.4. The van der Waals surface area contributed by atoms with Crippen molar-refractivity contribution in [1.82, 2.24) is 15.0 Å². The minimum atomic E-state index is -0.593. The summed E-state index contributed by atoms with van der Waals surface area (Å²) in [6, 6.07) is 72.7. The molecule has 3 heteroatoms. The molecule has 2 spiro atoms. The lowest BCUT2D eigenvalue weighted by atomic mass is 9.52. The van der Waals surface area contributed by atoms with Crippen LogP contribution in [0.5, 0.6) is 0 Å². The van der Waals surface area contributed by atoms with Crippen molar-refractivity contribution in [2.24, 2.45) is 0 Å². The minimum Gasteiger partial charge on any atom is -0.208 e. The van der Waals surface area contributed by atoms with E-state index < -0.39 is 10.8 Å². The maximum Gasteiger partial charge on any atom is 0.164 e. The van der Waals surface area contributed by atoms with Crippen molar-refractivity contribution in [3.63, 3.8) is 0 Å². The van der Waals surface area contributed by atoms with Gasteiger partial charge in [-0.2, -0.15) is 0 Å². The van der Waals surface area contributed by atoms with Crippen molar-refractivity contribution < 1.29 is 0 Å². The Bertz CT molecular complexity index is 2890. The topological polar surface area (TPSA) is 38.7 Å². The molecule has 9 aromatic rings. The molecular formula is C53H33N3. The van der Waals surface area contributed by atoms with E-state index in [0.29, 0.717) is 17.5 Å². The lowest BCUT2D eigenvalue weighted by molar-refractivity contribution is 0.633. The van der Waals surface area contributed by atoms with Crippen LogP contribution < -0.4 is 0 Å². The molecule has 3 aliphatic carbocycles. The fourth-order valence-corrected chi connectivity index (χ4v) is 10.4. The van der Waals surface area contributed by atoms with Gasteiger partial charge in [-0.15, -0.1) is 0 Å². The molecule has 0 radical (unpaired) electrons. The first kappa shape index (κ1) is 31.2. The molecule has 3 nitrogen and oxygen atoms in total. The second kappa shape index (κ2) is 11.6. The van der Waals surface area contributed by atoms with E-state index in [0.717, 1.165) is 16.7 Å². The van der Waals surface area contributed by atoms with Crippen LogP contribution in [0, 0.1) is 0 Å². The fourth-order valence-electron chi connectivity index (χ4n) is 10.4. The normalized spacial score (nSPS) is 14.4. The lowest BCUT2D eigenvalue weighted by Gasteiger charge is -2.48. The molecule has 0 saturated heterocycles. The maximum atomic E-state index is 5.26. The predicted molar refractivity (Wildman–Crippen MR) is 224 cm³/mol.